The summed E-state index contributed by atoms with van der Waals surface area (Å²) in [7, 11) is 0. The van der Waals surface area contributed by atoms with Crippen molar-refractivity contribution in [2.75, 3.05) is 0 Å². The van der Waals surface area contributed by atoms with Gasteiger partial charge in [0.05, 0.1) is 16.7 Å². The molecular formula is C14H15ClFN3O3S. The first kappa shape index (κ1) is 19.3. The molecule has 1 amide bonds. The molecule has 0 fully saturated rings. The van der Waals surface area contributed by atoms with Crippen LogP contribution in [-0.2, 0) is 9.53 Å². The van der Waals surface area contributed by atoms with Crippen LogP contribution in [-0.4, -0.2) is 23.2 Å². The number of thioether (sulfide) groups is 1. The lowest BCUT2D eigenvalue weighted by atomic mass is 10.2. The van der Waals surface area contributed by atoms with E-state index in [2.05, 4.69) is 10.0 Å². The van der Waals surface area contributed by atoms with Gasteiger partial charge in [0, 0.05) is 9.81 Å². The Morgan fingerprint density at radius 2 is 2.13 bits per heavy atom. The predicted molar refractivity (Wildman–Crippen MR) is 86.1 cm³/mol. The van der Waals surface area contributed by atoms with Crippen LogP contribution in [0.4, 0.5) is 4.39 Å². The summed E-state index contributed by atoms with van der Waals surface area (Å²) in [5.74, 6) is -2.39. The molecule has 0 heterocycles. The number of halogens is 2. The van der Waals surface area contributed by atoms with E-state index in [1.165, 1.54) is 0 Å². The number of azide groups is 1. The summed E-state index contributed by atoms with van der Waals surface area (Å²) < 4.78 is 18.9. The first-order valence-electron chi connectivity index (χ1n) is 6.75. The summed E-state index contributed by atoms with van der Waals surface area (Å²) in [6, 6.07) is 2.10. The molecule has 1 aromatic rings. The second-order valence-corrected chi connectivity index (χ2v) is 6.46. The molecule has 2 atom stereocenters. The normalized spacial score (nSPS) is 12.9. The van der Waals surface area contributed by atoms with Crippen molar-refractivity contribution in [3.8, 4) is 0 Å². The Labute approximate surface area is 142 Å². The standard InChI is InChI=1S/C14H15ClFN3O3S/c1-4-7(2)22-14(21)8(3)23-12-5-9(13(20)18-19-17)11(16)6-10(12)15/h5-8H,4H2,1-3H3. The lowest BCUT2D eigenvalue weighted by Gasteiger charge is -2.16. The van der Waals surface area contributed by atoms with Crippen LogP contribution in [0.1, 0.15) is 37.6 Å². The van der Waals surface area contributed by atoms with Crippen LogP contribution in [0.5, 0.6) is 0 Å². The van der Waals surface area contributed by atoms with E-state index < -0.39 is 28.5 Å². The minimum Gasteiger partial charge on any atom is -0.462 e. The van der Waals surface area contributed by atoms with Gasteiger partial charge in [-0.3, -0.25) is 9.59 Å². The number of benzene rings is 1. The molecule has 0 N–H and O–H groups in total. The molecule has 1 aromatic carbocycles. The van der Waals surface area contributed by atoms with Gasteiger partial charge >= 0.3 is 5.97 Å². The SMILES string of the molecule is CCC(C)OC(=O)C(C)Sc1cc(C(=O)N=[N+]=[N-])c(F)cc1Cl. The maximum absolute atomic E-state index is 13.7. The average molecular weight is 360 g/mol. The fourth-order valence-corrected chi connectivity index (χ4v) is 2.67. The highest BCUT2D eigenvalue weighted by Gasteiger charge is 2.21. The van der Waals surface area contributed by atoms with E-state index in [9.17, 15) is 14.0 Å². The molecular weight excluding hydrogens is 345 g/mol. The van der Waals surface area contributed by atoms with E-state index in [1.807, 2.05) is 6.92 Å². The van der Waals surface area contributed by atoms with Gasteiger partial charge in [-0.1, -0.05) is 18.5 Å². The smallest absolute Gasteiger partial charge is 0.319 e. The van der Waals surface area contributed by atoms with E-state index in [0.717, 1.165) is 23.9 Å². The molecule has 0 radical (unpaired) electrons. The highest BCUT2D eigenvalue weighted by molar-refractivity contribution is 8.00. The number of hydrogen-bond donors (Lipinski definition) is 0. The van der Waals surface area contributed by atoms with Crippen molar-refractivity contribution in [3.05, 3.63) is 39.0 Å². The molecule has 1 rings (SSSR count). The summed E-state index contributed by atoms with van der Waals surface area (Å²) in [6.45, 7) is 5.28. The lowest BCUT2D eigenvalue weighted by Crippen LogP contribution is -2.22. The van der Waals surface area contributed by atoms with Gasteiger partial charge in [-0.2, -0.15) is 0 Å². The first-order valence-corrected chi connectivity index (χ1v) is 8.01. The zero-order valence-corrected chi connectivity index (χ0v) is 14.3. The third-order valence-electron chi connectivity index (χ3n) is 2.92. The summed E-state index contributed by atoms with van der Waals surface area (Å²) >= 11 is 6.97. The number of esters is 1. The van der Waals surface area contributed by atoms with Crippen molar-refractivity contribution >= 4 is 35.2 Å². The Balaban J connectivity index is 3.00. The quantitative estimate of drug-likeness (QED) is 0.241. The van der Waals surface area contributed by atoms with E-state index in [4.69, 9.17) is 21.9 Å². The van der Waals surface area contributed by atoms with Gasteiger partial charge < -0.3 is 4.74 Å². The van der Waals surface area contributed by atoms with Crippen LogP contribution in [0.3, 0.4) is 0 Å². The summed E-state index contributed by atoms with van der Waals surface area (Å²) in [6.07, 6.45) is 0.474. The number of rotatable bonds is 6. The minimum absolute atomic E-state index is 0.0492. The third-order valence-corrected chi connectivity index (χ3v) is 4.48. The third kappa shape index (κ3) is 5.42. The molecule has 9 heteroatoms. The van der Waals surface area contributed by atoms with Crippen molar-refractivity contribution in [2.24, 2.45) is 5.11 Å². The van der Waals surface area contributed by atoms with E-state index in [1.54, 1.807) is 13.8 Å². The van der Waals surface area contributed by atoms with Crippen molar-refractivity contribution in [1.29, 1.82) is 0 Å². The molecule has 0 spiro atoms. The zero-order chi connectivity index (χ0) is 17.6. The van der Waals surface area contributed by atoms with Gasteiger partial charge in [-0.05, 0) is 43.0 Å². The largest absolute Gasteiger partial charge is 0.462 e. The number of amides is 1. The highest BCUT2D eigenvalue weighted by atomic mass is 35.5. The van der Waals surface area contributed by atoms with Gasteiger partial charge in [0.25, 0.3) is 5.91 Å². The lowest BCUT2D eigenvalue weighted by molar-refractivity contribution is -0.147. The Morgan fingerprint density at radius 3 is 2.70 bits per heavy atom. The molecule has 0 saturated heterocycles. The first-order chi connectivity index (χ1) is 10.8. The van der Waals surface area contributed by atoms with Gasteiger partial charge in [0.15, 0.2) is 0 Å². The van der Waals surface area contributed by atoms with Crippen molar-refractivity contribution < 1.29 is 18.7 Å². The maximum Gasteiger partial charge on any atom is 0.319 e. The van der Waals surface area contributed by atoms with Gasteiger partial charge in [0.2, 0.25) is 0 Å². The van der Waals surface area contributed by atoms with E-state index >= 15 is 0 Å². The number of ether oxygens (including phenoxy) is 1. The molecule has 0 aliphatic rings. The highest BCUT2D eigenvalue weighted by Crippen LogP contribution is 2.33. The van der Waals surface area contributed by atoms with Crippen LogP contribution in [0.15, 0.2) is 22.1 Å². The van der Waals surface area contributed by atoms with Crippen LogP contribution >= 0.6 is 23.4 Å². The number of carbonyl (C=O) groups excluding carboxylic acids is 2. The summed E-state index contributed by atoms with van der Waals surface area (Å²) in [5.41, 5.74) is 7.86. The van der Waals surface area contributed by atoms with Gasteiger partial charge in [-0.15, -0.1) is 11.8 Å². The summed E-state index contributed by atoms with van der Waals surface area (Å²) in [5, 5.41) is 2.30. The van der Waals surface area contributed by atoms with Crippen molar-refractivity contribution in [1.82, 2.24) is 0 Å². The fourth-order valence-electron chi connectivity index (χ4n) is 1.49. The van der Waals surface area contributed by atoms with Crippen LogP contribution in [0.2, 0.25) is 5.02 Å². The average Bonchev–Trinajstić information content (AvgIpc) is 2.49. The maximum atomic E-state index is 13.7. The predicted octanol–water partition coefficient (Wildman–Crippen LogP) is 4.75. The van der Waals surface area contributed by atoms with Crippen molar-refractivity contribution in [3.63, 3.8) is 0 Å². The molecule has 23 heavy (non-hydrogen) atoms. The second kappa shape index (κ2) is 8.76. The van der Waals surface area contributed by atoms with Gasteiger partial charge in [0.1, 0.15) is 11.1 Å². The van der Waals surface area contributed by atoms with Crippen LogP contribution in [0, 0.1) is 5.82 Å². The Bertz CT molecular complexity index is 665. The summed E-state index contributed by atoms with van der Waals surface area (Å²) in [4.78, 5) is 26.1. The molecule has 6 nitrogen and oxygen atoms in total. The molecule has 124 valence electrons. The zero-order valence-electron chi connectivity index (χ0n) is 12.7. The molecule has 0 aromatic heterocycles. The molecule has 2 unspecified atom stereocenters. The Kier molecular flexibility index (Phi) is 7.35. The monoisotopic (exact) mass is 359 g/mol. The molecule has 0 aliphatic heterocycles. The van der Waals surface area contributed by atoms with Crippen LogP contribution < -0.4 is 0 Å². The second-order valence-electron chi connectivity index (χ2n) is 4.67. The number of carbonyl (C=O) groups is 2. The molecule has 0 saturated carbocycles. The van der Waals surface area contributed by atoms with Crippen LogP contribution in [0.25, 0.3) is 10.4 Å². The Hall–Kier alpha value is -1.76. The molecule has 0 bridgehead atoms. The number of hydrogen-bond acceptors (Lipinski definition) is 4. The molecule has 0 aliphatic carbocycles. The minimum atomic E-state index is -1.06. The van der Waals surface area contributed by atoms with Crippen molar-refractivity contribution in [2.45, 2.75) is 43.4 Å². The fraction of sp³-hybridized carbons (Fsp3) is 0.429. The number of nitrogens with zero attached hydrogens (tertiary/aromatic N) is 3. The van der Waals surface area contributed by atoms with E-state index in [0.29, 0.717) is 11.3 Å². The Morgan fingerprint density at radius 1 is 1.48 bits per heavy atom. The van der Waals surface area contributed by atoms with E-state index in [-0.39, 0.29) is 11.1 Å². The van der Waals surface area contributed by atoms with Gasteiger partial charge in [-0.25, -0.2) is 4.39 Å². The topological polar surface area (TPSA) is 92.1 Å².